The highest BCUT2D eigenvalue weighted by Gasteiger charge is 2.36. The second-order valence-electron chi connectivity index (χ2n) is 11.9. The number of anilines is 1. The molecule has 258 valence electrons. The molecule has 0 saturated heterocycles. The Hall–Kier alpha value is -3.99. The van der Waals surface area contributed by atoms with E-state index in [1.54, 1.807) is 60.7 Å². The summed E-state index contributed by atoms with van der Waals surface area (Å²) < 4.78 is 35.9. The van der Waals surface area contributed by atoms with Crippen molar-refractivity contribution in [2.45, 2.75) is 67.4 Å². The topological polar surface area (TPSA) is 96.0 Å². The van der Waals surface area contributed by atoms with Crippen LogP contribution in [0, 0.1) is 0 Å². The largest absolute Gasteiger partial charge is 0.492 e. The normalized spacial score (nSPS) is 13.9. The molecule has 2 amide bonds. The molecule has 1 saturated carbocycles. The quantitative estimate of drug-likeness (QED) is 0.129. The Morgan fingerprint density at radius 1 is 0.898 bits per heavy atom. The van der Waals surface area contributed by atoms with Gasteiger partial charge in [0.05, 0.1) is 17.2 Å². The molecule has 0 bridgehead atoms. The van der Waals surface area contributed by atoms with Crippen molar-refractivity contribution in [1.82, 2.24) is 10.2 Å². The lowest BCUT2D eigenvalue weighted by molar-refractivity contribution is -0.140. The van der Waals surface area contributed by atoms with Gasteiger partial charge in [0.15, 0.2) is 0 Å². The number of ether oxygens (including phenoxy) is 1. The maximum absolute atomic E-state index is 14.8. The highest BCUT2D eigenvalue weighted by molar-refractivity contribution is 7.98. The third-order valence-corrected chi connectivity index (χ3v) is 11.4. The minimum absolute atomic E-state index is 0.0254. The van der Waals surface area contributed by atoms with Crippen molar-refractivity contribution in [3.63, 3.8) is 0 Å². The number of rotatable bonds is 15. The number of nitrogens with zero attached hydrogens (tertiary/aromatic N) is 2. The first-order valence-corrected chi connectivity index (χ1v) is 19.5. The maximum atomic E-state index is 14.8. The number of thioether (sulfide) groups is 1. The first-order valence-electron chi connectivity index (χ1n) is 16.5. The van der Waals surface area contributed by atoms with Crippen molar-refractivity contribution in [2.24, 2.45) is 0 Å². The summed E-state index contributed by atoms with van der Waals surface area (Å²) in [7, 11) is -4.27. The Kier molecular flexibility index (Phi) is 12.7. The molecule has 5 rings (SSSR count). The SMILES string of the molecule is CCOc1ccccc1N(CC(=O)N(Cc1ccc(Cl)cc1)[C@H](Cc1ccccc1)C(=O)NC1CCCC1)S(=O)(=O)c1ccc(SC)cc1. The zero-order chi connectivity index (χ0) is 34.8. The maximum Gasteiger partial charge on any atom is 0.264 e. The van der Waals surface area contributed by atoms with Crippen LogP contribution in [0.4, 0.5) is 5.69 Å². The summed E-state index contributed by atoms with van der Waals surface area (Å²) in [5.74, 6) is -0.478. The standard InChI is InChI=1S/C38H42ClN3O5S2/c1-3-47-36-16-10-9-15-34(36)42(49(45,46)33-23-21-32(48-2)22-24-33)27-37(43)41(26-29-17-19-30(39)20-18-29)35(25-28-11-5-4-6-12-28)38(44)40-31-13-7-8-14-31/h4-6,9-12,15-24,31,35H,3,7-8,13-14,25-27H2,1-2H3,(H,40,44)/t35-/m1/s1. The second-order valence-corrected chi connectivity index (χ2v) is 15.1. The van der Waals surface area contributed by atoms with Crippen LogP contribution >= 0.6 is 23.4 Å². The molecule has 0 heterocycles. The van der Waals surface area contributed by atoms with E-state index in [-0.39, 0.29) is 35.5 Å². The number of sulfonamides is 1. The van der Waals surface area contributed by atoms with Gasteiger partial charge in [0.2, 0.25) is 11.8 Å². The molecule has 0 spiro atoms. The molecule has 1 fully saturated rings. The van der Waals surface area contributed by atoms with Gasteiger partial charge in [-0.25, -0.2) is 8.42 Å². The van der Waals surface area contributed by atoms with E-state index in [2.05, 4.69) is 5.32 Å². The van der Waals surface area contributed by atoms with Crippen LogP contribution in [-0.4, -0.2) is 56.6 Å². The monoisotopic (exact) mass is 719 g/mol. The van der Waals surface area contributed by atoms with Crippen molar-refractivity contribution in [1.29, 1.82) is 0 Å². The van der Waals surface area contributed by atoms with E-state index in [9.17, 15) is 18.0 Å². The number of carbonyl (C=O) groups is 2. The average molecular weight is 720 g/mol. The Morgan fingerprint density at radius 3 is 2.20 bits per heavy atom. The van der Waals surface area contributed by atoms with Gasteiger partial charge < -0.3 is 15.0 Å². The average Bonchev–Trinajstić information content (AvgIpc) is 3.63. The highest BCUT2D eigenvalue weighted by atomic mass is 35.5. The fourth-order valence-corrected chi connectivity index (χ4v) is 8.00. The van der Waals surface area contributed by atoms with E-state index in [0.29, 0.717) is 17.4 Å². The molecule has 0 radical (unpaired) electrons. The number of halogens is 1. The molecular formula is C38H42ClN3O5S2. The van der Waals surface area contributed by atoms with Gasteiger partial charge in [-0.2, -0.15) is 0 Å². The fraction of sp³-hybridized carbons (Fsp3) is 0.316. The first-order chi connectivity index (χ1) is 23.7. The van der Waals surface area contributed by atoms with E-state index in [4.69, 9.17) is 16.3 Å². The van der Waals surface area contributed by atoms with Crippen molar-refractivity contribution >= 4 is 50.9 Å². The van der Waals surface area contributed by atoms with Gasteiger partial charge in [-0.3, -0.25) is 13.9 Å². The molecule has 4 aromatic carbocycles. The zero-order valence-corrected chi connectivity index (χ0v) is 30.1. The van der Waals surface area contributed by atoms with Crippen LogP contribution in [0.15, 0.2) is 113 Å². The lowest BCUT2D eigenvalue weighted by Gasteiger charge is -2.34. The summed E-state index contributed by atoms with van der Waals surface area (Å²) in [6.07, 6.45) is 5.99. The Labute approximate surface area is 298 Å². The zero-order valence-electron chi connectivity index (χ0n) is 27.8. The minimum Gasteiger partial charge on any atom is -0.492 e. The number of carbonyl (C=O) groups excluding carboxylic acids is 2. The number of hydrogen-bond acceptors (Lipinski definition) is 6. The molecule has 1 atom stereocenters. The Bertz CT molecular complexity index is 1800. The Balaban J connectivity index is 1.59. The summed E-state index contributed by atoms with van der Waals surface area (Å²) in [5, 5.41) is 3.74. The molecule has 1 N–H and O–H groups in total. The van der Waals surface area contributed by atoms with Crippen LogP contribution < -0.4 is 14.4 Å². The molecule has 0 unspecified atom stereocenters. The van der Waals surface area contributed by atoms with E-state index >= 15 is 0 Å². The molecule has 4 aromatic rings. The number of nitrogens with one attached hydrogen (secondary N) is 1. The van der Waals surface area contributed by atoms with Crippen molar-refractivity contribution < 1.29 is 22.7 Å². The minimum atomic E-state index is -4.27. The second kappa shape index (κ2) is 17.1. The van der Waals surface area contributed by atoms with Crippen LogP contribution in [0.5, 0.6) is 5.75 Å². The summed E-state index contributed by atoms with van der Waals surface area (Å²) in [6, 6.07) is 29.1. The summed E-state index contributed by atoms with van der Waals surface area (Å²) in [6.45, 7) is 1.61. The smallest absolute Gasteiger partial charge is 0.264 e. The van der Waals surface area contributed by atoms with Gasteiger partial charge in [-0.15, -0.1) is 11.8 Å². The van der Waals surface area contributed by atoms with E-state index in [1.807, 2.05) is 55.6 Å². The summed E-state index contributed by atoms with van der Waals surface area (Å²) in [5.41, 5.74) is 1.86. The van der Waals surface area contributed by atoms with Crippen molar-refractivity contribution in [2.75, 3.05) is 23.7 Å². The van der Waals surface area contributed by atoms with Crippen molar-refractivity contribution in [3.8, 4) is 5.75 Å². The van der Waals surface area contributed by atoms with Gasteiger partial charge in [0.25, 0.3) is 10.0 Å². The van der Waals surface area contributed by atoms with Crippen LogP contribution in [-0.2, 0) is 32.6 Å². The van der Waals surface area contributed by atoms with Gasteiger partial charge in [0, 0.05) is 28.9 Å². The highest BCUT2D eigenvalue weighted by Crippen LogP contribution is 2.33. The first kappa shape index (κ1) is 36.3. The van der Waals surface area contributed by atoms with Crippen LogP contribution in [0.2, 0.25) is 5.02 Å². The van der Waals surface area contributed by atoms with Crippen LogP contribution in [0.3, 0.4) is 0 Å². The third-order valence-electron chi connectivity index (χ3n) is 8.60. The molecule has 1 aliphatic rings. The Morgan fingerprint density at radius 2 is 1.55 bits per heavy atom. The molecule has 49 heavy (non-hydrogen) atoms. The van der Waals surface area contributed by atoms with Gasteiger partial charge in [0.1, 0.15) is 18.3 Å². The predicted molar refractivity (Wildman–Crippen MR) is 197 cm³/mol. The molecule has 0 aromatic heterocycles. The van der Waals surface area contributed by atoms with E-state index in [0.717, 1.165) is 46.0 Å². The van der Waals surface area contributed by atoms with Crippen LogP contribution in [0.25, 0.3) is 0 Å². The van der Waals surface area contributed by atoms with Crippen molar-refractivity contribution in [3.05, 3.63) is 119 Å². The number of hydrogen-bond donors (Lipinski definition) is 1. The van der Waals surface area contributed by atoms with E-state index in [1.165, 1.54) is 16.7 Å². The molecule has 11 heteroatoms. The third kappa shape index (κ3) is 9.38. The lowest BCUT2D eigenvalue weighted by atomic mass is 10.0. The lowest BCUT2D eigenvalue weighted by Crippen LogP contribution is -2.54. The summed E-state index contributed by atoms with van der Waals surface area (Å²) in [4.78, 5) is 31.4. The van der Waals surface area contributed by atoms with E-state index < -0.39 is 28.5 Å². The molecule has 1 aliphatic carbocycles. The number of benzene rings is 4. The van der Waals surface area contributed by atoms with Gasteiger partial charge >= 0.3 is 0 Å². The fourth-order valence-electron chi connectivity index (χ4n) is 6.04. The van der Waals surface area contributed by atoms with Gasteiger partial charge in [-0.05, 0) is 85.7 Å². The molecule has 8 nitrogen and oxygen atoms in total. The number of amides is 2. The van der Waals surface area contributed by atoms with Crippen LogP contribution in [0.1, 0.15) is 43.7 Å². The number of para-hydroxylation sites is 2. The molecular weight excluding hydrogens is 678 g/mol. The van der Waals surface area contributed by atoms with Gasteiger partial charge in [-0.1, -0.05) is 79.0 Å². The predicted octanol–water partition coefficient (Wildman–Crippen LogP) is 7.35. The molecule has 0 aliphatic heterocycles. The summed E-state index contributed by atoms with van der Waals surface area (Å²) >= 11 is 7.70.